The molecule has 3 rings (SSSR count). The molecule has 1 unspecified atom stereocenters. The molecule has 2 aliphatic rings. The van der Waals surface area contributed by atoms with E-state index in [1.165, 1.54) is 0 Å². The number of thioether (sulfide) groups is 1. The molecule has 0 bridgehead atoms. The molecule has 1 atom stereocenters. The van der Waals surface area contributed by atoms with Gasteiger partial charge in [-0.15, -0.1) is 0 Å². The molecule has 0 aromatic heterocycles. The van der Waals surface area contributed by atoms with E-state index in [1.54, 1.807) is 16.7 Å². The Bertz CT molecular complexity index is 587. The predicted molar refractivity (Wildman–Crippen MR) is 93.9 cm³/mol. The molecule has 1 aromatic carbocycles. The zero-order chi connectivity index (χ0) is 16.9. The van der Waals surface area contributed by atoms with Gasteiger partial charge < -0.3 is 19.6 Å². The molecule has 0 saturated carbocycles. The van der Waals surface area contributed by atoms with E-state index in [4.69, 9.17) is 9.84 Å². The summed E-state index contributed by atoms with van der Waals surface area (Å²) in [6.45, 7) is 3.77. The highest BCUT2D eigenvalue weighted by molar-refractivity contribution is 7.99. The lowest BCUT2D eigenvalue weighted by Gasteiger charge is -2.35. The van der Waals surface area contributed by atoms with Gasteiger partial charge >= 0.3 is 5.97 Å². The Morgan fingerprint density at radius 1 is 1.17 bits per heavy atom. The van der Waals surface area contributed by atoms with Crippen molar-refractivity contribution in [1.82, 2.24) is 4.90 Å². The normalized spacial score (nSPS) is 21.6. The average molecular weight is 350 g/mol. The van der Waals surface area contributed by atoms with E-state index in [0.29, 0.717) is 17.9 Å². The number of carbonyl (C=O) groups excluding carboxylic acids is 1. The summed E-state index contributed by atoms with van der Waals surface area (Å²) >= 11 is 1.71. The number of carboxylic acid groups (broad SMARTS) is 1. The number of amides is 1. The van der Waals surface area contributed by atoms with Gasteiger partial charge in [0.2, 0.25) is 0 Å². The van der Waals surface area contributed by atoms with Crippen LogP contribution in [0.25, 0.3) is 0 Å². The predicted octanol–water partition coefficient (Wildman–Crippen LogP) is 1.56. The van der Waals surface area contributed by atoms with Gasteiger partial charge in [-0.05, 0) is 24.3 Å². The summed E-state index contributed by atoms with van der Waals surface area (Å²) < 4.78 is 5.35. The Balaban J connectivity index is 1.70. The monoisotopic (exact) mass is 350 g/mol. The van der Waals surface area contributed by atoms with E-state index in [-0.39, 0.29) is 18.4 Å². The third kappa shape index (κ3) is 4.02. The molecule has 2 fully saturated rings. The van der Waals surface area contributed by atoms with Crippen LogP contribution in [0.4, 0.5) is 5.69 Å². The maximum atomic E-state index is 12.8. The van der Waals surface area contributed by atoms with Gasteiger partial charge in [0, 0.05) is 42.4 Å². The number of anilines is 1. The highest BCUT2D eigenvalue weighted by Gasteiger charge is 2.29. The van der Waals surface area contributed by atoms with Crippen LogP contribution in [0.5, 0.6) is 0 Å². The van der Waals surface area contributed by atoms with Crippen molar-refractivity contribution in [2.24, 2.45) is 0 Å². The number of ether oxygens (including phenoxy) is 1. The second-order valence-electron chi connectivity index (χ2n) is 5.97. The van der Waals surface area contributed by atoms with Crippen LogP contribution in [0.3, 0.4) is 0 Å². The third-order valence-corrected chi connectivity index (χ3v) is 5.48. The van der Waals surface area contributed by atoms with Crippen molar-refractivity contribution >= 4 is 29.3 Å². The number of hydrogen-bond donors (Lipinski definition) is 1. The number of hydrogen-bond acceptors (Lipinski definition) is 5. The summed E-state index contributed by atoms with van der Waals surface area (Å²) in [5, 5.41) is 9.05. The first-order chi connectivity index (χ1) is 11.6. The maximum Gasteiger partial charge on any atom is 0.305 e. The summed E-state index contributed by atoms with van der Waals surface area (Å²) in [4.78, 5) is 27.8. The van der Waals surface area contributed by atoms with Crippen LogP contribution < -0.4 is 4.90 Å². The third-order valence-electron chi connectivity index (χ3n) is 4.39. The summed E-state index contributed by atoms with van der Waals surface area (Å²) in [6, 6.07) is 7.37. The molecule has 2 aliphatic heterocycles. The van der Waals surface area contributed by atoms with E-state index in [0.717, 1.165) is 37.7 Å². The first-order valence-electron chi connectivity index (χ1n) is 8.18. The van der Waals surface area contributed by atoms with Crippen molar-refractivity contribution in [3.63, 3.8) is 0 Å². The van der Waals surface area contributed by atoms with Gasteiger partial charge in [-0.3, -0.25) is 9.59 Å². The SMILES string of the molecule is O=C(O)CC1CSCCN1C(=O)c1ccc(N2CCOCC2)cc1. The van der Waals surface area contributed by atoms with Gasteiger partial charge in [0.15, 0.2) is 0 Å². The Kier molecular flexibility index (Phi) is 5.63. The number of benzene rings is 1. The molecule has 24 heavy (non-hydrogen) atoms. The van der Waals surface area contributed by atoms with Crippen molar-refractivity contribution in [3.8, 4) is 0 Å². The van der Waals surface area contributed by atoms with E-state index in [2.05, 4.69) is 4.90 Å². The molecule has 0 radical (unpaired) electrons. The summed E-state index contributed by atoms with van der Waals surface area (Å²) in [6.07, 6.45) is 0.00456. The lowest BCUT2D eigenvalue weighted by atomic mass is 10.1. The minimum absolute atomic E-state index is 0.00456. The first kappa shape index (κ1) is 17.1. The molecule has 2 saturated heterocycles. The van der Waals surface area contributed by atoms with Crippen LogP contribution in [0.1, 0.15) is 16.8 Å². The van der Waals surface area contributed by atoms with Gasteiger partial charge in [0.25, 0.3) is 5.91 Å². The van der Waals surface area contributed by atoms with Crippen molar-refractivity contribution in [1.29, 1.82) is 0 Å². The van der Waals surface area contributed by atoms with E-state index >= 15 is 0 Å². The standard InChI is InChI=1S/C17H22N2O4S/c20-16(21)11-15-12-24-10-7-19(15)17(22)13-1-3-14(4-2-13)18-5-8-23-9-6-18/h1-4,15H,5-12H2,(H,20,21). The molecule has 1 aromatic rings. The van der Waals surface area contributed by atoms with Gasteiger partial charge in [-0.2, -0.15) is 11.8 Å². The van der Waals surface area contributed by atoms with E-state index in [1.807, 2.05) is 24.3 Å². The van der Waals surface area contributed by atoms with E-state index < -0.39 is 5.97 Å². The van der Waals surface area contributed by atoms with Gasteiger partial charge in [-0.25, -0.2) is 0 Å². The zero-order valence-corrected chi connectivity index (χ0v) is 14.3. The van der Waals surface area contributed by atoms with Crippen LogP contribution in [0, 0.1) is 0 Å². The van der Waals surface area contributed by atoms with Crippen LogP contribution >= 0.6 is 11.8 Å². The number of nitrogens with zero attached hydrogens (tertiary/aromatic N) is 2. The minimum Gasteiger partial charge on any atom is -0.481 e. The summed E-state index contributed by atoms with van der Waals surface area (Å²) in [5.74, 6) is 0.607. The van der Waals surface area contributed by atoms with Crippen LogP contribution in [-0.4, -0.2) is 72.3 Å². The minimum atomic E-state index is -0.858. The van der Waals surface area contributed by atoms with E-state index in [9.17, 15) is 9.59 Å². The van der Waals surface area contributed by atoms with Crippen molar-refractivity contribution in [3.05, 3.63) is 29.8 Å². The smallest absolute Gasteiger partial charge is 0.305 e. The second-order valence-corrected chi connectivity index (χ2v) is 7.12. The Labute approximate surface area is 145 Å². The molecular weight excluding hydrogens is 328 g/mol. The first-order valence-corrected chi connectivity index (χ1v) is 9.34. The lowest BCUT2D eigenvalue weighted by Crippen LogP contribution is -2.47. The Hall–Kier alpha value is -1.73. The van der Waals surface area contributed by atoms with Crippen LogP contribution in [-0.2, 0) is 9.53 Å². The number of aliphatic carboxylic acids is 1. The molecule has 6 nitrogen and oxygen atoms in total. The van der Waals surface area contributed by atoms with Crippen LogP contribution in [0.2, 0.25) is 0 Å². The molecule has 2 heterocycles. The molecule has 130 valence electrons. The lowest BCUT2D eigenvalue weighted by molar-refractivity contribution is -0.138. The van der Waals surface area contributed by atoms with Crippen molar-refractivity contribution in [2.75, 3.05) is 49.3 Å². The number of carboxylic acids is 1. The average Bonchev–Trinajstić information content (AvgIpc) is 2.62. The molecule has 0 aliphatic carbocycles. The van der Waals surface area contributed by atoms with Gasteiger partial charge in [0.1, 0.15) is 0 Å². The fraction of sp³-hybridized carbons (Fsp3) is 0.529. The largest absolute Gasteiger partial charge is 0.481 e. The highest BCUT2D eigenvalue weighted by Crippen LogP contribution is 2.23. The molecule has 1 amide bonds. The van der Waals surface area contributed by atoms with Gasteiger partial charge in [-0.1, -0.05) is 0 Å². The van der Waals surface area contributed by atoms with Crippen molar-refractivity contribution < 1.29 is 19.4 Å². The number of carbonyl (C=O) groups is 2. The summed E-state index contributed by atoms with van der Waals surface area (Å²) in [7, 11) is 0. The number of morpholine rings is 1. The quantitative estimate of drug-likeness (QED) is 0.889. The highest BCUT2D eigenvalue weighted by atomic mass is 32.2. The fourth-order valence-electron chi connectivity index (χ4n) is 3.10. The summed E-state index contributed by atoms with van der Waals surface area (Å²) in [5.41, 5.74) is 1.71. The number of rotatable bonds is 4. The maximum absolute atomic E-state index is 12.8. The van der Waals surface area contributed by atoms with Crippen LogP contribution in [0.15, 0.2) is 24.3 Å². The Morgan fingerprint density at radius 2 is 1.88 bits per heavy atom. The molecule has 0 spiro atoms. The topological polar surface area (TPSA) is 70.1 Å². The molecule has 1 N–H and O–H groups in total. The molecular formula is C17H22N2O4S. The van der Waals surface area contributed by atoms with Gasteiger partial charge in [0.05, 0.1) is 25.7 Å². The zero-order valence-electron chi connectivity index (χ0n) is 13.5. The molecule has 7 heteroatoms. The Morgan fingerprint density at radius 3 is 2.54 bits per heavy atom. The van der Waals surface area contributed by atoms with Crippen molar-refractivity contribution in [2.45, 2.75) is 12.5 Å². The second kappa shape index (κ2) is 7.90. The fourth-order valence-corrected chi connectivity index (χ4v) is 4.16.